The summed E-state index contributed by atoms with van der Waals surface area (Å²) in [5.74, 6) is 1.46. The molecule has 2 amide bonds. The molecule has 3 aliphatic heterocycles. The SMILES string of the molecule is Cl.O=C(N1CCN2CCCCC2C1)N1Cc2ccccc2Oc2ccc(Cl)cc21. The molecule has 5 rings (SSSR count). The van der Waals surface area contributed by atoms with Crippen molar-refractivity contribution in [1.29, 1.82) is 0 Å². The fourth-order valence-corrected chi connectivity index (χ4v) is 4.73. The molecule has 0 N–H and O–H groups in total. The highest BCUT2D eigenvalue weighted by atomic mass is 35.5. The van der Waals surface area contributed by atoms with E-state index in [9.17, 15) is 4.79 Å². The maximum atomic E-state index is 13.6. The van der Waals surface area contributed by atoms with Crippen LogP contribution in [0.3, 0.4) is 0 Å². The average Bonchev–Trinajstić information content (AvgIpc) is 2.89. The lowest BCUT2D eigenvalue weighted by Gasteiger charge is -2.45. The van der Waals surface area contributed by atoms with Crippen molar-refractivity contribution in [3.63, 3.8) is 0 Å². The van der Waals surface area contributed by atoms with Crippen molar-refractivity contribution in [2.75, 3.05) is 31.1 Å². The van der Waals surface area contributed by atoms with Gasteiger partial charge in [-0.2, -0.15) is 0 Å². The quantitative estimate of drug-likeness (QED) is 0.575. The van der Waals surface area contributed by atoms with Crippen molar-refractivity contribution in [3.8, 4) is 11.5 Å². The van der Waals surface area contributed by atoms with Crippen LogP contribution in [-0.4, -0.2) is 48.1 Å². The first kappa shape index (κ1) is 20.3. The number of urea groups is 1. The van der Waals surface area contributed by atoms with Crippen LogP contribution in [0, 0.1) is 0 Å². The number of piperidine rings is 1. The van der Waals surface area contributed by atoms with Gasteiger partial charge in [0.05, 0.1) is 12.2 Å². The van der Waals surface area contributed by atoms with E-state index in [1.165, 1.54) is 19.3 Å². The molecule has 154 valence electrons. The van der Waals surface area contributed by atoms with Gasteiger partial charge in [-0.15, -0.1) is 12.4 Å². The number of rotatable bonds is 0. The molecule has 0 spiro atoms. The topological polar surface area (TPSA) is 36.0 Å². The molecule has 0 aromatic heterocycles. The number of fused-ring (bicyclic) bond motifs is 3. The molecule has 2 saturated heterocycles. The van der Waals surface area contributed by atoms with Crippen molar-refractivity contribution < 1.29 is 9.53 Å². The maximum Gasteiger partial charge on any atom is 0.325 e. The third kappa shape index (κ3) is 3.91. The van der Waals surface area contributed by atoms with E-state index in [2.05, 4.69) is 4.90 Å². The third-order valence-corrected chi connectivity index (χ3v) is 6.31. The first-order valence-electron chi connectivity index (χ1n) is 10.0. The van der Waals surface area contributed by atoms with Gasteiger partial charge in [-0.1, -0.05) is 36.2 Å². The summed E-state index contributed by atoms with van der Waals surface area (Å²) in [6.45, 7) is 4.17. The number of benzene rings is 2. The van der Waals surface area contributed by atoms with Gasteiger partial charge in [0, 0.05) is 36.3 Å². The summed E-state index contributed by atoms with van der Waals surface area (Å²) in [4.78, 5) is 20.0. The second kappa shape index (κ2) is 8.42. The Labute approximate surface area is 182 Å². The molecule has 2 fully saturated rings. The number of amides is 2. The normalized spacial score (nSPS) is 21.1. The standard InChI is InChI=1S/C22H24ClN3O2.ClH/c23-17-8-9-21-19(13-17)26(14-16-5-1-2-7-20(16)28-21)22(27)25-12-11-24-10-4-3-6-18(24)15-25;/h1-2,5,7-9,13,18H,3-4,6,10-12,14-15H2;1H. The predicted octanol–water partition coefficient (Wildman–Crippen LogP) is 5.16. The first-order chi connectivity index (χ1) is 13.7. The van der Waals surface area contributed by atoms with Crippen molar-refractivity contribution in [2.24, 2.45) is 0 Å². The summed E-state index contributed by atoms with van der Waals surface area (Å²) >= 11 is 6.27. The van der Waals surface area contributed by atoms with E-state index < -0.39 is 0 Å². The van der Waals surface area contributed by atoms with Gasteiger partial charge < -0.3 is 9.64 Å². The molecule has 3 heterocycles. The van der Waals surface area contributed by atoms with Crippen LogP contribution >= 0.6 is 24.0 Å². The van der Waals surface area contributed by atoms with Crippen LogP contribution in [0.4, 0.5) is 10.5 Å². The van der Waals surface area contributed by atoms with Gasteiger partial charge in [-0.05, 0) is 43.7 Å². The number of nitrogens with zero attached hydrogens (tertiary/aromatic N) is 3. The number of anilines is 1. The first-order valence-corrected chi connectivity index (χ1v) is 10.4. The van der Waals surface area contributed by atoms with Crippen molar-refractivity contribution in [1.82, 2.24) is 9.80 Å². The second-order valence-electron chi connectivity index (χ2n) is 7.82. The lowest BCUT2D eigenvalue weighted by atomic mass is 10.00. The van der Waals surface area contributed by atoms with E-state index in [0.29, 0.717) is 23.4 Å². The second-order valence-corrected chi connectivity index (χ2v) is 8.26. The average molecular weight is 434 g/mol. The van der Waals surface area contributed by atoms with Gasteiger partial charge in [0.25, 0.3) is 0 Å². The lowest BCUT2D eigenvalue weighted by Crippen LogP contribution is -2.58. The third-order valence-electron chi connectivity index (χ3n) is 6.07. The molecule has 5 nitrogen and oxygen atoms in total. The van der Waals surface area contributed by atoms with E-state index in [1.807, 2.05) is 46.2 Å². The van der Waals surface area contributed by atoms with Crippen LogP contribution in [0.25, 0.3) is 0 Å². The van der Waals surface area contributed by atoms with Crippen molar-refractivity contribution in [3.05, 3.63) is 53.1 Å². The summed E-state index contributed by atoms with van der Waals surface area (Å²) < 4.78 is 6.13. The molecule has 1 atom stereocenters. The summed E-state index contributed by atoms with van der Waals surface area (Å²) in [7, 11) is 0. The zero-order chi connectivity index (χ0) is 19.1. The van der Waals surface area contributed by atoms with Gasteiger partial charge in [0.1, 0.15) is 5.75 Å². The van der Waals surface area contributed by atoms with Crippen LogP contribution in [0.2, 0.25) is 5.02 Å². The van der Waals surface area contributed by atoms with E-state index in [-0.39, 0.29) is 18.4 Å². The van der Waals surface area contributed by atoms with Crippen LogP contribution in [0.5, 0.6) is 11.5 Å². The highest BCUT2D eigenvalue weighted by Crippen LogP contribution is 2.41. The Morgan fingerprint density at radius 2 is 1.90 bits per heavy atom. The van der Waals surface area contributed by atoms with Crippen LogP contribution in [0.15, 0.2) is 42.5 Å². The number of carbonyl (C=O) groups is 1. The van der Waals surface area contributed by atoms with Gasteiger partial charge in [-0.3, -0.25) is 9.80 Å². The smallest absolute Gasteiger partial charge is 0.325 e. The molecule has 2 aromatic carbocycles. The van der Waals surface area contributed by atoms with E-state index in [4.69, 9.17) is 16.3 Å². The van der Waals surface area contributed by atoms with E-state index >= 15 is 0 Å². The number of hydrogen-bond donors (Lipinski definition) is 0. The Morgan fingerprint density at radius 3 is 2.79 bits per heavy atom. The minimum absolute atomic E-state index is 0. The fourth-order valence-electron chi connectivity index (χ4n) is 4.57. The Balaban J connectivity index is 0.00000205. The number of piperazine rings is 1. The monoisotopic (exact) mass is 433 g/mol. The minimum Gasteiger partial charge on any atom is -0.455 e. The van der Waals surface area contributed by atoms with E-state index in [1.54, 1.807) is 6.07 Å². The molecular weight excluding hydrogens is 409 g/mol. The Morgan fingerprint density at radius 1 is 1.03 bits per heavy atom. The summed E-state index contributed by atoms with van der Waals surface area (Å²) in [5, 5.41) is 0.600. The fraction of sp³-hybridized carbons (Fsp3) is 0.409. The van der Waals surface area contributed by atoms with Crippen LogP contribution in [0.1, 0.15) is 24.8 Å². The molecule has 7 heteroatoms. The number of carbonyl (C=O) groups excluding carboxylic acids is 1. The highest BCUT2D eigenvalue weighted by Gasteiger charge is 2.35. The zero-order valence-electron chi connectivity index (χ0n) is 16.2. The lowest BCUT2D eigenvalue weighted by molar-refractivity contribution is 0.0660. The molecule has 3 aliphatic rings. The van der Waals surface area contributed by atoms with Crippen molar-refractivity contribution >= 4 is 35.7 Å². The van der Waals surface area contributed by atoms with Gasteiger partial charge in [0.15, 0.2) is 5.75 Å². The predicted molar refractivity (Wildman–Crippen MR) is 118 cm³/mol. The van der Waals surface area contributed by atoms with Crippen molar-refractivity contribution in [2.45, 2.75) is 31.8 Å². The molecule has 2 aromatic rings. The zero-order valence-corrected chi connectivity index (χ0v) is 17.8. The number of halogens is 2. The number of ether oxygens (including phenoxy) is 1. The molecule has 0 bridgehead atoms. The summed E-state index contributed by atoms with van der Waals surface area (Å²) in [6, 6.07) is 13.9. The van der Waals surface area contributed by atoms with Crippen LogP contribution in [-0.2, 0) is 6.54 Å². The maximum absolute atomic E-state index is 13.6. The molecule has 1 unspecified atom stereocenters. The summed E-state index contributed by atoms with van der Waals surface area (Å²) in [6.07, 6.45) is 3.71. The Hall–Kier alpha value is -1.95. The highest BCUT2D eigenvalue weighted by molar-refractivity contribution is 6.31. The Bertz CT molecular complexity index is 907. The molecular formula is C22H25Cl2N3O2. The molecule has 0 radical (unpaired) electrons. The minimum atomic E-state index is 0. The molecule has 0 saturated carbocycles. The van der Waals surface area contributed by atoms with E-state index in [0.717, 1.165) is 43.2 Å². The molecule has 0 aliphatic carbocycles. The Kier molecular flexibility index (Phi) is 5.91. The van der Waals surface area contributed by atoms with Gasteiger partial charge in [-0.25, -0.2) is 4.79 Å². The largest absolute Gasteiger partial charge is 0.455 e. The van der Waals surface area contributed by atoms with Gasteiger partial charge >= 0.3 is 6.03 Å². The van der Waals surface area contributed by atoms with Crippen LogP contribution < -0.4 is 9.64 Å². The molecule has 29 heavy (non-hydrogen) atoms. The number of hydrogen-bond acceptors (Lipinski definition) is 3. The van der Waals surface area contributed by atoms with Gasteiger partial charge in [0.2, 0.25) is 0 Å². The summed E-state index contributed by atoms with van der Waals surface area (Å²) in [5.41, 5.74) is 1.74. The number of para-hydroxylation sites is 1.